The van der Waals surface area contributed by atoms with Gasteiger partial charge < -0.3 is 14.7 Å². The first-order valence-electron chi connectivity index (χ1n) is 7.80. The number of aliphatic hydroxyl groups excluding tert-OH is 1. The van der Waals surface area contributed by atoms with E-state index in [0.29, 0.717) is 25.1 Å². The molecule has 24 heavy (non-hydrogen) atoms. The van der Waals surface area contributed by atoms with E-state index in [1.165, 1.54) is 12.1 Å². The number of halogens is 1. The average Bonchev–Trinajstić information content (AvgIpc) is 2.64. The summed E-state index contributed by atoms with van der Waals surface area (Å²) in [6, 6.07) is 9.42. The number of aliphatic hydroxyl groups is 1. The lowest BCUT2D eigenvalue weighted by atomic mass is 9.93. The molecule has 1 aromatic heterocycles. The normalized spacial score (nSPS) is 20.8. The van der Waals surface area contributed by atoms with Crippen LogP contribution in [-0.2, 0) is 11.2 Å². The Kier molecular flexibility index (Phi) is 4.87. The van der Waals surface area contributed by atoms with E-state index in [1.54, 1.807) is 41.6 Å². The third kappa shape index (κ3) is 3.60. The third-order valence-electron chi connectivity index (χ3n) is 4.19. The Hall–Kier alpha value is -2.31. The van der Waals surface area contributed by atoms with Crippen molar-refractivity contribution in [1.29, 1.82) is 0 Å². The molecule has 6 heteroatoms. The van der Waals surface area contributed by atoms with Gasteiger partial charge in [-0.2, -0.15) is 0 Å². The Morgan fingerprint density at radius 1 is 1.25 bits per heavy atom. The standard InChI is InChI=1S/C18H19FN2O3/c19-16-3-1-14(2-4-16)11-18(13-22)12-21(9-10-24-18)17(23)15-5-7-20-8-6-15/h1-8,22H,9-13H2. The predicted molar refractivity (Wildman–Crippen MR) is 86.0 cm³/mol. The molecule has 1 aliphatic rings. The van der Waals surface area contributed by atoms with Crippen molar-refractivity contribution < 1.29 is 19.0 Å². The van der Waals surface area contributed by atoms with Gasteiger partial charge in [-0.1, -0.05) is 12.1 Å². The zero-order valence-electron chi connectivity index (χ0n) is 13.2. The molecule has 0 spiro atoms. The first kappa shape index (κ1) is 16.5. The number of ether oxygens (including phenoxy) is 1. The first-order chi connectivity index (χ1) is 11.6. The van der Waals surface area contributed by atoms with Gasteiger partial charge in [-0.3, -0.25) is 9.78 Å². The minimum Gasteiger partial charge on any atom is -0.393 e. The summed E-state index contributed by atoms with van der Waals surface area (Å²) < 4.78 is 18.9. The number of amides is 1. The van der Waals surface area contributed by atoms with Crippen LogP contribution in [-0.4, -0.2) is 52.8 Å². The summed E-state index contributed by atoms with van der Waals surface area (Å²) >= 11 is 0. The van der Waals surface area contributed by atoms with Gasteiger partial charge in [-0.05, 0) is 29.8 Å². The molecule has 0 saturated carbocycles. The molecule has 1 aromatic carbocycles. The molecular weight excluding hydrogens is 311 g/mol. The number of carbonyl (C=O) groups excluding carboxylic acids is 1. The number of pyridine rings is 1. The van der Waals surface area contributed by atoms with E-state index in [9.17, 15) is 14.3 Å². The molecule has 1 amide bonds. The zero-order chi connectivity index (χ0) is 17.0. The van der Waals surface area contributed by atoms with Gasteiger partial charge >= 0.3 is 0 Å². The molecule has 1 aliphatic heterocycles. The quantitative estimate of drug-likeness (QED) is 0.926. The lowest BCUT2D eigenvalue weighted by Gasteiger charge is -2.42. The van der Waals surface area contributed by atoms with Crippen LogP contribution in [0.15, 0.2) is 48.8 Å². The Bertz CT molecular complexity index is 693. The highest BCUT2D eigenvalue weighted by molar-refractivity contribution is 5.94. The summed E-state index contributed by atoms with van der Waals surface area (Å²) in [6.07, 6.45) is 3.56. The van der Waals surface area contributed by atoms with E-state index in [2.05, 4.69) is 4.98 Å². The van der Waals surface area contributed by atoms with Crippen molar-refractivity contribution in [3.8, 4) is 0 Å². The molecule has 1 unspecified atom stereocenters. The number of rotatable bonds is 4. The van der Waals surface area contributed by atoms with Crippen LogP contribution in [0.1, 0.15) is 15.9 Å². The summed E-state index contributed by atoms with van der Waals surface area (Å²) in [4.78, 5) is 18.2. The minimum atomic E-state index is -0.876. The summed E-state index contributed by atoms with van der Waals surface area (Å²) in [5.74, 6) is -0.423. The van der Waals surface area contributed by atoms with Gasteiger partial charge in [0.05, 0.1) is 19.8 Å². The molecule has 0 aliphatic carbocycles. The average molecular weight is 330 g/mol. The molecule has 1 atom stereocenters. The van der Waals surface area contributed by atoms with Crippen LogP contribution >= 0.6 is 0 Å². The van der Waals surface area contributed by atoms with Gasteiger partial charge in [0.25, 0.3) is 5.91 Å². The highest BCUT2D eigenvalue weighted by atomic mass is 19.1. The van der Waals surface area contributed by atoms with Crippen molar-refractivity contribution in [3.05, 3.63) is 65.7 Å². The lowest BCUT2D eigenvalue weighted by molar-refractivity contribution is -0.123. The second-order valence-electron chi connectivity index (χ2n) is 5.96. The number of morpholine rings is 1. The monoisotopic (exact) mass is 330 g/mol. The van der Waals surface area contributed by atoms with Crippen molar-refractivity contribution in [2.24, 2.45) is 0 Å². The highest BCUT2D eigenvalue weighted by Gasteiger charge is 2.38. The SMILES string of the molecule is O=C(c1ccncc1)N1CCOC(CO)(Cc2ccc(F)cc2)C1. The van der Waals surface area contributed by atoms with Crippen LogP contribution in [0.4, 0.5) is 4.39 Å². The Labute approximate surface area is 139 Å². The third-order valence-corrected chi connectivity index (χ3v) is 4.19. The number of carbonyl (C=O) groups is 1. The second-order valence-corrected chi connectivity index (χ2v) is 5.96. The smallest absolute Gasteiger partial charge is 0.254 e. The molecule has 5 nitrogen and oxygen atoms in total. The van der Waals surface area contributed by atoms with Crippen molar-refractivity contribution in [3.63, 3.8) is 0 Å². The molecule has 0 radical (unpaired) electrons. The topological polar surface area (TPSA) is 62.7 Å². The Balaban J connectivity index is 1.76. The minimum absolute atomic E-state index is 0.113. The van der Waals surface area contributed by atoms with Gasteiger partial charge in [0.1, 0.15) is 11.4 Å². The fourth-order valence-corrected chi connectivity index (χ4v) is 2.93. The molecule has 2 aromatic rings. The van der Waals surface area contributed by atoms with E-state index in [0.717, 1.165) is 5.56 Å². The van der Waals surface area contributed by atoms with E-state index < -0.39 is 5.60 Å². The Morgan fingerprint density at radius 2 is 1.96 bits per heavy atom. The summed E-state index contributed by atoms with van der Waals surface area (Å²) in [6.45, 7) is 0.872. The molecule has 3 rings (SSSR count). The number of aromatic nitrogens is 1. The second kappa shape index (κ2) is 7.07. The van der Waals surface area contributed by atoms with Crippen molar-refractivity contribution >= 4 is 5.91 Å². The molecular formula is C18H19FN2O3. The fourth-order valence-electron chi connectivity index (χ4n) is 2.93. The summed E-state index contributed by atoms with van der Waals surface area (Å²) in [5, 5.41) is 9.88. The fraction of sp³-hybridized carbons (Fsp3) is 0.333. The van der Waals surface area contributed by atoms with E-state index >= 15 is 0 Å². The van der Waals surface area contributed by atoms with Crippen LogP contribution in [0.3, 0.4) is 0 Å². The number of benzene rings is 1. The van der Waals surface area contributed by atoms with Gasteiger partial charge in [0.15, 0.2) is 0 Å². The summed E-state index contributed by atoms with van der Waals surface area (Å²) in [7, 11) is 0. The number of nitrogens with zero attached hydrogens (tertiary/aromatic N) is 2. The maximum absolute atomic E-state index is 13.1. The molecule has 1 fully saturated rings. The number of hydrogen-bond donors (Lipinski definition) is 1. The van der Waals surface area contributed by atoms with Crippen molar-refractivity contribution in [1.82, 2.24) is 9.88 Å². The van der Waals surface area contributed by atoms with Crippen molar-refractivity contribution in [2.75, 3.05) is 26.3 Å². The summed E-state index contributed by atoms with van der Waals surface area (Å²) in [5.41, 5.74) is 0.530. The Morgan fingerprint density at radius 3 is 2.62 bits per heavy atom. The molecule has 1 saturated heterocycles. The molecule has 0 bridgehead atoms. The van der Waals surface area contributed by atoms with E-state index in [1.807, 2.05) is 0 Å². The maximum Gasteiger partial charge on any atom is 0.254 e. The largest absolute Gasteiger partial charge is 0.393 e. The van der Waals surface area contributed by atoms with Crippen LogP contribution < -0.4 is 0 Å². The molecule has 1 N–H and O–H groups in total. The van der Waals surface area contributed by atoms with Gasteiger partial charge in [-0.25, -0.2) is 4.39 Å². The maximum atomic E-state index is 13.1. The van der Waals surface area contributed by atoms with Crippen LogP contribution in [0.25, 0.3) is 0 Å². The van der Waals surface area contributed by atoms with E-state index in [4.69, 9.17) is 4.74 Å². The van der Waals surface area contributed by atoms with Gasteiger partial charge in [0.2, 0.25) is 0 Å². The lowest BCUT2D eigenvalue weighted by Crippen LogP contribution is -2.56. The molecule has 126 valence electrons. The first-order valence-corrected chi connectivity index (χ1v) is 7.80. The van der Waals surface area contributed by atoms with Crippen LogP contribution in [0, 0.1) is 5.82 Å². The van der Waals surface area contributed by atoms with Gasteiger partial charge in [0, 0.05) is 30.9 Å². The highest BCUT2D eigenvalue weighted by Crippen LogP contribution is 2.24. The predicted octanol–water partition coefficient (Wildman–Crippen LogP) is 1.67. The van der Waals surface area contributed by atoms with E-state index in [-0.39, 0.29) is 24.9 Å². The number of hydrogen-bond acceptors (Lipinski definition) is 4. The zero-order valence-corrected chi connectivity index (χ0v) is 13.2. The van der Waals surface area contributed by atoms with Crippen LogP contribution in [0.2, 0.25) is 0 Å². The van der Waals surface area contributed by atoms with Gasteiger partial charge in [-0.15, -0.1) is 0 Å². The molecule has 2 heterocycles. The van der Waals surface area contributed by atoms with Crippen molar-refractivity contribution in [2.45, 2.75) is 12.0 Å². The van der Waals surface area contributed by atoms with Crippen LogP contribution in [0.5, 0.6) is 0 Å².